The van der Waals surface area contributed by atoms with Crippen molar-refractivity contribution in [3.63, 3.8) is 0 Å². The molecule has 0 N–H and O–H groups in total. The zero-order valence-corrected chi connectivity index (χ0v) is 20.8. The molecule has 1 fully saturated rings. The van der Waals surface area contributed by atoms with Crippen LogP contribution in [0.3, 0.4) is 0 Å². The molecule has 0 aromatic heterocycles. The first kappa shape index (κ1) is 24.0. The Morgan fingerprint density at radius 1 is 0.861 bits per heavy atom. The van der Waals surface area contributed by atoms with Crippen molar-refractivity contribution in [3.05, 3.63) is 112 Å². The van der Waals surface area contributed by atoms with Crippen molar-refractivity contribution < 1.29 is 19.1 Å². The van der Waals surface area contributed by atoms with Crippen molar-refractivity contribution >= 4 is 51.4 Å². The van der Waals surface area contributed by atoms with Gasteiger partial charge in [-0.3, -0.25) is 14.5 Å². The highest BCUT2D eigenvalue weighted by Crippen LogP contribution is 2.33. The Kier molecular flexibility index (Phi) is 7.26. The number of benzene rings is 4. The molecule has 7 heteroatoms. The molecule has 0 aliphatic carbocycles. The van der Waals surface area contributed by atoms with Crippen LogP contribution in [0.5, 0.6) is 11.5 Å². The number of halogens is 1. The predicted molar refractivity (Wildman–Crippen MR) is 144 cm³/mol. The molecule has 180 valence electrons. The van der Waals surface area contributed by atoms with E-state index in [1.807, 2.05) is 91.0 Å². The molecule has 5 rings (SSSR count). The molecule has 2 amide bonds. The van der Waals surface area contributed by atoms with Gasteiger partial charge < -0.3 is 9.47 Å². The van der Waals surface area contributed by atoms with Crippen LogP contribution in [0.4, 0.5) is 4.79 Å². The van der Waals surface area contributed by atoms with E-state index in [1.54, 1.807) is 6.08 Å². The SMILES string of the molecule is O=C1S/C(=C\c2cccc(OCc3ccc(Cl)cc3)c2)C(=O)N1CCOc1cccc2ccccc12. The van der Waals surface area contributed by atoms with Crippen molar-refractivity contribution in [1.29, 1.82) is 0 Å². The van der Waals surface area contributed by atoms with Crippen molar-refractivity contribution in [2.75, 3.05) is 13.2 Å². The molecule has 0 atom stereocenters. The van der Waals surface area contributed by atoms with Crippen LogP contribution in [0.2, 0.25) is 5.02 Å². The Morgan fingerprint density at radius 3 is 2.50 bits per heavy atom. The van der Waals surface area contributed by atoms with Gasteiger partial charge in [-0.05, 0) is 64.7 Å². The zero-order valence-electron chi connectivity index (χ0n) is 19.2. The van der Waals surface area contributed by atoms with Crippen LogP contribution >= 0.6 is 23.4 Å². The average molecular weight is 516 g/mol. The standard InChI is InChI=1S/C29H22ClNO4S/c30-23-13-11-20(12-14-23)19-35-24-8-3-5-21(17-24)18-27-28(32)31(29(33)36-27)15-16-34-26-10-4-7-22-6-1-2-9-25(22)26/h1-14,17-18H,15-16,19H2/b27-18-. The van der Waals surface area contributed by atoms with Gasteiger partial charge in [0.05, 0.1) is 11.4 Å². The topological polar surface area (TPSA) is 55.8 Å². The minimum Gasteiger partial charge on any atom is -0.491 e. The molecule has 4 aromatic carbocycles. The minimum atomic E-state index is -0.320. The van der Waals surface area contributed by atoms with E-state index in [0.29, 0.717) is 22.3 Å². The molecule has 0 saturated carbocycles. The fraction of sp³-hybridized carbons (Fsp3) is 0.103. The molecule has 4 aromatic rings. The average Bonchev–Trinajstić information content (AvgIpc) is 3.16. The van der Waals surface area contributed by atoms with Gasteiger partial charge in [0.1, 0.15) is 24.7 Å². The lowest BCUT2D eigenvalue weighted by atomic mass is 10.1. The van der Waals surface area contributed by atoms with Gasteiger partial charge >= 0.3 is 0 Å². The summed E-state index contributed by atoms with van der Waals surface area (Å²) < 4.78 is 11.8. The van der Waals surface area contributed by atoms with Gasteiger partial charge in [0, 0.05) is 10.4 Å². The minimum absolute atomic E-state index is 0.176. The fourth-order valence-corrected chi connectivity index (χ4v) is 4.85. The predicted octanol–water partition coefficient (Wildman–Crippen LogP) is 7.19. The number of hydrogen-bond acceptors (Lipinski definition) is 5. The molecular formula is C29H22ClNO4S. The lowest BCUT2D eigenvalue weighted by Crippen LogP contribution is -2.32. The number of ether oxygens (including phenoxy) is 2. The normalized spacial score (nSPS) is 14.6. The van der Waals surface area contributed by atoms with Crippen LogP contribution in [0.25, 0.3) is 16.8 Å². The summed E-state index contributed by atoms with van der Waals surface area (Å²) in [5, 5.41) is 2.44. The van der Waals surface area contributed by atoms with Crippen LogP contribution in [0.1, 0.15) is 11.1 Å². The van der Waals surface area contributed by atoms with E-state index < -0.39 is 0 Å². The highest BCUT2D eigenvalue weighted by atomic mass is 35.5. The third-order valence-electron chi connectivity index (χ3n) is 5.67. The summed E-state index contributed by atoms with van der Waals surface area (Å²) in [6, 6.07) is 28.6. The molecule has 0 radical (unpaired) electrons. The van der Waals surface area contributed by atoms with Crippen molar-refractivity contribution in [2.45, 2.75) is 6.61 Å². The lowest BCUT2D eigenvalue weighted by Gasteiger charge is -2.14. The molecular weight excluding hydrogens is 494 g/mol. The Hall–Kier alpha value is -3.74. The van der Waals surface area contributed by atoms with Gasteiger partial charge in [0.2, 0.25) is 0 Å². The smallest absolute Gasteiger partial charge is 0.293 e. The van der Waals surface area contributed by atoms with E-state index in [2.05, 4.69) is 0 Å². The molecule has 1 aliphatic heterocycles. The second kappa shape index (κ2) is 10.9. The summed E-state index contributed by atoms with van der Waals surface area (Å²) >= 11 is 6.86. The number of imide groups is 1. The molecule has 1 heterocycles. The molecule has 36 heavy (non-hydrogen) atoms. The third-order valence-corrected chi connectivity index (χ3v) is 6.83. The summed E-state index contributed by atoms with van der Waals surface area (Å²) in [5.41, 5.74) is 1.78. The Morgan fingerprint density at radius 2 is 1.64 bits per heavy atom. The van der Waals surface area contributed by atoms with E-state index in [1.165, 1.54) is 4.90 Å². The van der Waals surface area contributed by atoms with Gasteiger partial charge in [-0.25, -0.2) is 0 Å². The van der Waals surface area contributed by atoms with E-state index in [9.17, 15) is 9.59 Å². The van der Waals surface area contributed by atoms with Crippen molar-refractivity contribution in [1.82, 2.24) is 4.90 Å². The molecule has 5 nitrogen and oxygen atoms in total. The van der Waals surface area contributed by atoms with E-state index in [-0.39, 0.29) is 24.3 Å². The summed E-state index contributed by atoms with van der Waals surface area (Å²) in [4.78, 5) is 27.0. The number of carbonyl (C=O) groups is 2. The van der Waals surface area contributed by atoms with Crippen molar-refractivity contribution in [2.24, 2.45) is 0 Å². The Bertz CT molecular complexity index is 1450. The molecule has 0 bridgehead atoms. The molecule has 0 spiro atoms. The number of thioether (sulfide) groups is 1. The van der Waals surface area contributed by atoms with Gasteiger partial charge in [-0.15, -0.1) is 0 Å². The highest BCUT2D eigenvalue weighted by Gasteiger charge is 2.34. The maximum atomic E-state index is 12.9. The zero-order chi connectivity index (χ0) is 24.9. The number of carbonyl (C=O) groups excluding carboxylic acids is 2. The van der Waals surface area contributed by atoms with Crippen molar-refractivity contribution in [3.8, 4) is 11.5 Å². The quantitative estimate of drug-likeness (QED) is 0.232. The van der Waals surface area contributed by atoms with Crippen LogP contribution in [0.15, 0.2) is 95.9 Å². The van der Waals surface area contributed by atoms with Gasteiger partial charge in [-0.1, -0.05) is 72.3 Å². The van der Waals surface area contributed by atoms with E-state index in [0.717, 1.165) is 39.4 Å². The van der Waals surface area contributed by atoms with E-state index >= 15 is 0 Å². The maximum absolute atomic E-state index is 12.9. The fourth-order valence-electron chi connectivity index (χ4n) is 3.85. The summed E-state index contributed by atoms with van der Waals surface area (Å²) in [5.74, 6) is 1.08. The number of amides is 2. The lowest BCUT2D eigenvalue weighted by molar-refractivity contribution is -0.123. The first-order valence-electron chi connectivity index (χ1n) is 11.4. The molecule has 1 aliphatic rings. The summed E-state index contributed by atoms with van der Waals surface area (Å²) in [6.07, 6.45) is 1.71. The monoisotopic (exact) mass is 515 g/mol. The van der Waals surface area contributed by atoms with E-state index in [4.69, 9.17) is 21.1 Å². The summed E-state index contributed by atoms with van der Waals surface area (Å²) in [7, 11) is 0. The number of hydrogen-bond donors (Lipinski definition) is 0. The first-order valence-corrected chi connectivity index (χ1v) is 12.6. The van der Waals surface area contributed by atoms with Crippen LogP contribution < -0.4 is 9.47 Å². The summed E-state index contributed by atoms with van der Waals surface area (Å²) in [6.45, 7) is 0.788. The van der Waals surface area contributed by atoms with Gasteiger partial charge in [0.25, 0.3) is 11.1 Å². The number of nitrogens with zero attached hydrogens (tertiary/aromatic N) is 1. The number of fused-ring (bicyclic) bond motifs is 1. The van der Waals surface area contributed by atoms with Crippen LogP contribution in [-0.2, 0) is 11.4 Å². The molecule has 1 saturated heterocycles. The Balaban J connectivity index is 1.21. The third kappa shape index (κ3) is 5.56. The number of rotatable bonds is 8. The van der Waals surface area contributed by atoms with Gasteiger partial charge in [0.15, 0.2) is 0 Å². The van der Waals surface area contributed by atoms with Crippen LogP contribution in [0, 0.1) is 0 Å². The first-order chi connectivity index (χ1) is 17.6. The maximum Gasteiger partial charge on any atom is 0.293 e. The van der Waals surface area contributed by atoms with Gasteiger partial charge in [-0.2, -0.15) is 0 Å². The Labute approximate surface area is 218 Å². The highest BCUT2D eigenvalue weighted by molar-refractivity contribution is 8.18. The largest absolute Gasteiger partial charge is 0.491 e. The second-order valence-corrected chi connectivity index (χ2v) is 9.58. The van der Waals surface area contributed by atoms with Crippen LogP contribution in [-0.4, -0.2) is 29.2 Å². The second-order valence-electron chi connectivity index (χ2n) is 8.15. The molecule has 0 unspecified atom stereocenters.